The van der Waals surface area contributed by atoms with Gasteiger partial charge in [-0.1, -0.05) is 11.6 Å². The number of halogens is 2. The van der Waals surface area contributed by atoms with Crippen LogP contribution in [0.3, 0.4) is 0 Å². The summed E-state index contributed by atoms with van der Waals surface area (Å²) in [4.78, 5) is -0.504. The van der Waals surface area contributed by atoms with Crippen LogP contribution >= 0.6 is 35.1 Å². The Kier molecular flexibility index (Phi) is 5.47. The molecule has 1 fully saturated rings. The Labute approximate surface area is 131 Å². The molecule has 0 saturated carbocycles. The van der Waals surface area contributed by atoms with Gasteiger partial charge in [-0.3, -0.25) is 0 Å². The third-order valence-electron chi connectivity index (χ3n) is 2.71. The van der Waals surface area contributed by atoms with Gasteiger partial charge in [0.2, 0.25) is 10.0 Å². The molecular formula is C11H14ClFN2O2S3. The molecule has 0 aromatic heterocycles. The molecule has 1 aromatic carbocycles. The zero-order valence-electron chi connectivity index (χ0n) is 10.4. The minimum Gasteiger partial charge on any atom is -0.396 e. The Bertz CT molecular complexity index is 592. The monoisotopic (exact) mass is 356 g/mol. The van der Waals surface area contributed by atoms with Gasteiger partial charge < -0.3 is 5.73 Å². The summed E-state index contributed by atoms with van der Waals surface area (Å²) in [5.41, 5.74) is 5.12. The summed E-state index contributed by atoms with van der Waals surface area (Å²) in [5, 5.41) is 0.287. The van der Waals surface area contributed by atoms with Crippen molar-refractivity contribution in [3.05, 3.63) is 23.0 Å². The zero-order chi connectivity index (χ0) is 14.8. The Balaban J connectivity index is 2.14. The first-order valence-corrected chi connectivity index (χ1v) is 9.90. The second-order valence-corrected chi connectivity index (χ2v) is 8.96. The number of nitrogens with one attached hydrogen (secondary N) is 1. The molecule has 1 unspecified atom stereocenters. The van der Waals surface area contributed by atoms with Crippen LogP contribution in [0, 0.1) is 5.82 Å². The first kappa shape index (κ1) is 16.2. The third kappa shape index (κ3) is 3.94. The highest BCUT2D eigenvalue weighted by molar-refractivity contribution is 8.06. The SMILES string of the molecule is Nc1cc(Cl)cc(S(=O)(=O)NCC2CSCCS2)c1F. The molecule has 1 saturated heterocycles. The summed E-state index contributed by atoms with van der Waals surface area (Å²) < 4.78 is 40.5. The van der Waals surface area contributed by atoms with Gasteiger partial charge in [0.15, 0.2) is 5.82 Å². The molecule has 0 amide bonds. The molecule has 2 rings (SSSR count). The Morgan fingerprint density at radius 2 is 2.20 bits per heavy atom. The fourth-order valence-corrected chi connectivity index (χ4v) is 5.94. The summed E-state index contributed by atoms with van der Waals surface area (Å²) in [6, 6.07) is 2.25. The van der Waals surface area contributed by atoms with E-state index in [9.17, 15) is 12.8 Å². The molecule has 0 bridgehead atoms. The van der Waals surface area contributed by atoms with Gasteiger partial charge in [-0.25, -0.2) is 17.5 Å². The van der Waals surface area contributed by atoms with Gasteiger partial charge in [0.05, 0.1) is 5.69 Å². The van der Waals surface area contributed by atoms with Crippen LogP contribution in [0.1, 0.15) is 0 Å². The highest BCUT2D eigenvalue weighted by Crippen LogP contribution is 2.26. The molecule has 20 heavy (non-hydrogen) atoms. The van der Waals surface area contributed by atoms with Crippen molar-refractivity contribution in [2.45, 2.75) is 10.1 Å². The van der Waals surface area contributed by atoms with Crippen molar-refractivity contribution in [3.8, 4) is 0 Å². The smallest absolute Gasteiger partial charge is 0.243 e. The lowest BCUT2D eigenvalue weighted by molar-refractivity contribution is 0.559. The molecule has 0 aliphatic carbocycles. The fraction of sp³-hybridized carbons (Fsp3) is 0.455. The van der Waals surface area contributed by atoms with Crippen LogP contribution in [0.15, 0.2) is 17.0 Å². The summed E-state index contributed by atoms with van der Waals surface area (Å²) >= 11 is 9.23. The van der Waals surface area contributed by atoms with Crippen LogP contribution in [0.25, 0.3) is 0 Å². The number of hydrogen-bond acceptors (Lipinski definition) is 5. The summed E-state index contributed by atoms with van der Waals surface area (Å²) in [5.74, 6) is 1.99. The zero-order valence-corrected chi connectivity index (χ0v) is 13.6. The van der Waals surface area contributed by atoms with Crippen LogP contribution in [-0.4, -0.2) is 37.5 Å². The lowest BCUT2D eigenvalue weighted by atomic mass is 10.3. The van der Waals surface area contributed by atoms with E-state index in [0.29, 0.717) is 0 Å². The highest BCUT2D eigenvalue weighted by Gasteiger charge is 2.24. The van der Waals surface area contributed by atoms with Gasteiger partial charge in [0, 0.05) is 34.1 Å². The molecule has 3 N–H and O–H groups in total. The topological polar surface area (TPSA) is 72.2 Å². The molecule has 9 heteroatoms. The molecule has 1 atom stereocenters. The van der Waals surface area contributed by atoms with E-state index in [1.54, 1.807) is 23.5 Å². The minimum absolute atomic E-state index is 0.0897. The van der Waals surface area contributed by atoms with Crippen molar-refractivity contribution < 1.29 is 12.8 Å². The van der Waals surface area contributed by atoms with Crippen LogP contribution in [0.5, 0.6) is 0 Å². The van der Waals surface area contributed by atoms with Crippen molar-refractivity contribution in [2.75, 3.05) is 29.5 Å². The van der Waals surface area contributed by atoms with Gasteiger partial charge in [-0.05, 0) is 12.1 Å². The average Bonchev–Trinajstić information content (AvgIpc) is 2.42. The van der Waals surface area contributed by atoms with E-state index in [2.05, 4.69) is 4.72 Å². The van der Waals surface area contributed by atoms with Crippen LogP contribution in [-0.2, 0) is 10.0 Å². The summed E-state index contributed by atoms with van der Waals surface area (Å²) in [6.45, 7) is 0.270. The van der Waals surface area contributed by atoms with Gasteiger partial charge in [0.1, 0.15) is 4.90 Å². The van der Waals surface area contributed by atoms with Gasteiger partial charge in [-0.15, -0.1) is 0 Å². The maximum Gasteiger partial charge on any atom is 0.243 e. The molecule has 1 heterocycles. The Hall–Kier alpha value is -0.150. The number of hydrogen-bond donors (Lipinski definition) is 2. The van der Waals surface area contributed by atoms with Crippen LogP contribution in [0.2, 0.25) is 5.02 Å². The maximum absolute atomic E-state index is 13.8. The first-order chi connectivity index (χ1) is 9.40. The van der Waals surface area contributed by atoms with Crippen LogP contribution < -0.4 is 10.5 Å². The standard InChI is InChI=1S/C11H14ClFN2O2S3/c12-7-3-9(14)11(13)10(4-7)20(16,17)15-5-8-6-18-1-2-19-8/h3-4,8,15H,1-2,5-6,14H2. The van der Waals surface area contributed by atoms with E-state index in [1.807, 2.05) is 0 Å². The van der Waals surface area contributed by atoms with Crippen molar-refractivity contribution >= 4 is 50.8 Å². The minimum atomic E-state index is -3.95. The predicted octanol–water partition coefficient (Wildman–Crippen LogP) is 2.19. The fourth-order valence-electron chi connectivity index (χ4n) is 1.71. The Morgan fingerprint density at radius 3 is 2.85 bits per heavy atom. The van der Waals surface area contributed by atoms with Gasteiger partial charge >= 0.3 is 0 Å². The number of thioether (sulfide) groups is 2. The maximum atomic E-state index is 13.8. The van der Waals surface area contributed by atoms with Crippen molar-refractivity contribution in [1.82, 2.24) is 4.72 Å². The quantitative estimate of drug-likeness (QED) is 0.809. The number of nitrogens with two attached hydrogens (primary N) is 1. The molecule has 1 aliphatic heterocycles. The number of sulfonamides is 1. The first-order valence-electron chi connectivity index (χ1n) is 5.83. The molecule has 4 nitrogen and oxygen atoms in total. The van der Waals surface area contributed by atoms with E-state index in [1.165, 1.54) is 6.07 Å². The lowest BCUT2D eigenvalue weighted by Gasteiger charge is -2.21. The van der Waals surface area contributed by atoms with E-state index in [0.717, 1.165) is 23.3 Å². The number of rotatable bonds is 4. The van der Waals surface area contributed by atoms with E-state index >= 15 is 0 Å². The number of benzene rings is 1. The summed E-state index contributed by atoms with van der Waals surface area (Å²) in [6.07, 6.45) is 0. The van der Waals surface area contributed by atoms with E-state index in [4.69, 9.17) is 17.3 Å². The molecule has 112 valence electrons. The van der Waals surface area contributed by atoms with E-state index in [-0.39, 0.29) is 22.5 Å². The molecule has 0 spiro atoms. The predicted molar refractivity (Wildman–Crippen MR) is 84.6 cm³/mol. The molecule has 0 radical (unpaired) electrons. The Morgan fingerprint density at radius 1 is 1.45 bits per heavy atom. The highest BCUT2D eigenvalue weighted by atomic mass is 35.5. The number of anilines is 1. The van der Waals surface area contributed by atoms with Crippen LogP contribution in [0.4, 0.5) is 10.1 Å². The van der Waals surface area contributed by atoms with Gasteiger partial charge in [0.25, 0.3) is 0 Å². The number of nitrogen functional groups attached to an aromatic ring is 1. The summed E-state index contributed by atoms with van der Waals surface area (Å²) in [7, 11) is -3.95. The van der Waals surface area contributed by atoms with Crippen molar-refractivity contribution in [2.24, 2.45) is 0 Å². The largest absolute Gasteiger partial charge is 0.396 e. The molecule has 1 aliphatic rings. The molecular weight excluding hydrogens is 343 g/mol. The average molecular weight is 357 g/mol. The lowest BCUT2D eigenvalue weighted by Crippen LogP contribution is -2.34. The van der Waals surface area contributed by atoms with Crippen molar-refractivity contribution in [3.63, 3.8) is 0 Å². The molecule has 1 aromatic rings. The third-order valence-corrected chi connectivity index (χ3v) is 7.19. The van der Waals surface area contributed by atoms with Gasteiger partial charge in [-0.2, -0.15) is 23.5 Å². The van der Waals surface area contributed by atoms with Crippen molar-refractivity contribution in [1.29, 1.82) is 0 Å². The second kappa shape index (κ2) is 6.74. The normalized spacial score (nSPS) is 20.0. The van der Waals surface area contributed by atoms with E-state index < -0.39 is 20.7 Å². The second-order valence-electron chi connectivity index (χ2n) is 4.23.